The molecule has 1 rings (SSSR count). The smallest absolute Gasteiger partial charge is 0.0638 e. The van der Waals surface area contributed by atoms with Crippen LogP contribution in [0.25, 0.3) is 0 Å². The third-order valence-corrected chi connectivity index (χ3v) is 1.18. The summed E-state index contributed by atoms with van der Waals surface area (Å²) in [6, 6.07) is 5.05. The molecule has 0 unspecified atom stereocenters. The molecule has 0 saturated heterocycles. The molecule has 0 fully saturated rings. The fourth-order valence-corrected chi connectivity index (χ4v) is 0.820. The molecule has 8 heavy (non-hydrogen) atoms. The van der Waals surface area contributed by atoms with Gasteiger partial charge in [0.15, 0.2) is 0 Å². The number of hydrogen-bond donors (Lipinski definition) is 0. The second-order valence-electron chi connectivity index (χ2n) is 1.35. The summed E-state index contributed by atoms with van der Waals surface area (Å²) in [5.41, 5.74) is 0. The summed E-state index contributed by atoms with van der Waals surface area (Å²) in [7, 11) is 0. The summed E-state index contributed by atoms with van der Waals surface area (Å²) in [6.45, 7) is 0. The van der Waals surface area contributed by atoms with Crippen molar-refractivity contribution in [1.29, 1.82) is 0 Å². The van der Waals surface area contributed by atoms with Crippen LogP contribution in [-0.4, -0.2) is 0 Å². The first-order valence-electron chi connectivity index (χ1n) is 2.62. The van der Waals surface area contributed by atoms with Crippen LogP contribution in [0.5, 0.6) is 0 Å². The summed E-state index contributed by atoms with van der Waals surface area (Å²) >= 11 is 11.1. The predicted molar refractivity (Wildman–Crippen MR) is 36.5 cm³/mol. The molecule has 0 N–H and O–H groups in total. The molecular formula is C6H4Cl2. The molecule has 1 aromatic carbocycles. The molecular weight excluding hydrogens is 143 g/mol. The van der Waals surface area contributed by atoms with Crippen LogP contribution in [0.4, 0.5) is 0 Å². The summed E-state index contributed by atoms with van der Waals surface area (Å²) in [5.74, 6) is 0. The maximum absolute atomic E-state index is 7.13. The third kappa shape index (κ3) is 1.39. The SMILES string of the molecule is [3H]c1ccc(Cl)cc1Cl. The Balaban J connectivity index is 3.17. The van der Waals surface area contributed by atoms with E-state index in [1.807, 2.05) is 0 Å². The molecule has 0 atom stereocenters. The fourth-order valence-electron chi connectivity index (χ4n) is 0.412. The summed E-state index contributed by atoms with van der Waals surface area (Å²) in [6.07, 6.45) is 0. The average molecular weight is 149 g/mol. The highest BCUT2D eigenvalue weighted by molar-refractivity contribution is 6.34. The summed E-state index contributed by atoms with van der Waals surface area (Å²) in [5, 5.41) is 0.957. The van der Waals surface area contributed by atoms with Gasteiger partial charge in [-0.15, -0.1) is 0 Å². The Bertz CT molecular complexity index is 222. The molecule has 42 valence electrons. The van der Waals surface area contributed by atoms with Crippen LogP contribution >= 0.6 is 23.2 Å². The van der Waals surface area contributed by atoms with Crippen LogP contribution < -0.4 is 0 Å². The van der Waals surface area contributed by atoms with E-state index in [9.17, 15) is 0 Å². The van der Waals surface area contributed by atoms with Crippen molar-refractivity contribution in [2.45, 2.75) is 0 Å². The second-order valence-corrected chi connectivity index (χ2v) is 2.20. The minimum atomic E-state index is 0.307. The number of benzene rings is 1. The Hall–Kier alpha value is -0.200. The van der Waals surface area contributed by atoms with Gasteiger partial charge in [-0.1, -0.05) is 29.3 Å². The number of hydrogen-bond acceptors (Lipinski definition) is 0. The quantitative estimate of drug-likeness (QED) is 0.531. The van der Waals surface area contributed by atoms with Crippen molar-refractivity contribution in [3.8, 4) is 0 Å². The fraction of sp³-hybridized carbons (Fsp3) is 0. The average Bonchev–Trinajstić information content (AvgIpc) is 1.80. The monoisotopic (exact) mass is 148 g/mol. The van der Waals surface area contributed by atoms with E-state index < -0.39 is 0 Å². The van der Waals surface area contributed by atoms with E-state index in [0.29, 0.717) is 16.1 Å². The van der Waals surface area contributed by atoms with Gasteiger partial charge in [0.25, 0.3) is 0 Å². The van der Waals surface area contributed by atoms with Crippen LogP contribution in [0.1, 0.15) is 1.37 Å². The van der Waals surface area contributed by atoms with Crippen LogP contribution in [0.2, 0.25) is 10.0 Å². The molecule has 0 spiro atoms. The highest BCUT2D eigenvalue weighted by Crippen LogP contribution is 2.13. The van der Waals surface area contributed by atoms with E-state index >= 15 is 0 Å². The highest BCUT2D eigenvalue weighted by atomic mass is 35.5. The van der Waals surface area contributed by atoms with Gasteiger partial charge in [0, 0.05) is 10.0 Å². The third-order valence-electron chi connectivity index (χ3n) is 0.728. The van der Waals surface area contributed by atoms with Gasteiger partial charge in [0.05, 0.1) is 1.37 Å². The molecule has 1 aromatic rings. The lowest BCUT2D eigenvalue weighted by atomic mass is 10.4. The van der Waals surface area contributed by atoms with Gasteiger partial charge in [-0.25, -0.2) is 0 Å². The number of rotatable bonds is 0. The topological polar surface area (TPSA) is 0 Å². The molecule has 0 aliphatic heterocycles. The van der Waals surface area contributed by atoms with E-state index in [2.05, 4.69) is 0 Å². The minimum absolute atomic E-state index is 0.307. The lowest BCUT2D eigenvalue weighted by Gasteiger charge is -1.86. The summed E-state index contributed by atoms with van der Waals surface area (Å²) in [4.78, 5) is 0. The number of halogens is 2. The van der Waals surface area contributed by atoms with Gasteiger partial charge in [-0.2, -0.15) is 0 Å². The van der Waals surface area contributed by atoms with Gasteiger partial charge >= 0.3 is 0 Å². The van der Waals surface area contributed by atoms with Crippen LogP contribution in [0.3, 0.4) is 0 Å². The molecule has 0 radical (unpaired) electrons. The van der Waals surface area contributed by atoms with Crippen molar-refractivity contribution in [2.24, 2.45) is 0 Å². The molecule has 0 aromatic heterocycles. The lowest BCUT2D eigenvalue weighted by Crippen LogP contribution is -1.61. The van der Waals surface area contributed by atoms with Crippen molar-refractivity contribution >= 4 is 23.2 Å². The van der Waals surface area contributed by atoms with Crippen molar-refractivity contribution in [1.82, 2.24) is 0 Å². The Labute approximate surface area is 59.4 Å². The summed E-state index contributed by atoms with van der Waals surface area (Å²) < 4.78 is 7.13. The Morgan fingerprint density at radius 1 is 1.38 bits per heavy atom. The maximum Gasteiger partial charge on any atom is 0.0638 e. The molecule has 0 aliphatic rings. The van der Waals surface area contributed by atoms with Crippen LogP contribution in [0, 0.1) is 0 Å². The zero-order valence-electron chi connectivity index (χ0n) is 4.99. The predicted octanol–water partition coefficient (Wildman–Crippen LogP) is 2.99. The highest BCUT2D eigenvalue weighted by Gasteiger charge is 1.84. The molecule has 0 amide bonds. The second kappa shape index (κ2) is 2.38. The zero-order chi connectivity index (χ0) is 6.85. The first-order chi connectivity index (χ1) is 4.20. The van der Waals surface area contributed by atoms with Crippen LogP contribution in [0.15, 0.2) is 24.2 Å². The molecule has 0 bridgehead atoms. The van der Waals surface area contributed by atoms with Crippen molar-refractivity contribution < 1.29 is 1.37 Å². The lowest BCUT2D eigenvalue weighted by molar-refractivity contribution is 1.71. The van der Waals surface area contributed by atoms with E-state index in [4.69, 9.17) is 24.6 Å². The Morgan fingerprint density at radius 2 is 2.12 bits per heavy atom. The Kier molecular flexibility index (Phi) is 1.39. The largest absolute Gasteiger partial charge is 0.0843 e. The molecule has 0 aliphatic carbocycles. The van der Waals surface area contributed by atoms with Crippen LogP contribution in [-0.2, 0) is 0 Å². The minimum Gasteiger partial charge on any atom is -0.0843 e. The van der Waals surface area contributed by atoms with E-state index in [0.717, 1.165) is 0 Å². The van der Waals surface area contributed by atoms with Gasteiger partial charge in [-0.05, 0) is 18.2 Å². The maximum atomic E-state index is 7.13. The first kappa shape index (κ1) is 4.66. The standard InChI is InChI=1S/C6H4Cl2/c7-5-2-1-3-6(8)4-5/h1-4H/i2T. The van der Waals surface area contributed by atoms with Gasteiger partial charge in [-0.3, -0.25) is 0 Å². The molecule has 0 nitrogen and oxygen atoms in total. The molecule has 2 heteroatoms. The molecule has 0 saturated carbocycles. The first-order valence-corrected chi connectivity index (χ1v) is 2.87. The van der Waals surface area contributed by atoms with Gasteiger partial charge < -0.3 is 0 Å². The van der Waals surface area contributed by atoms with Crippen molar-refractivity contribution in [2.75, 3.05) is 0 Å². The zero-order valence-corrected chi connectivity index (χ0v) is 5.50. The normalized spacial score (nSPS) is 11.0. The van der Waals surface area contributed by atoms with Gasteiger partial charge in [0.1, 0.15) is 0 Å². The van der Waals surface area contributed by atoms with Crippen molar-refractivity contribution in [3.63, 3.8) is 0 Å². The molecule has 0 heterocycles. The van der Waals surface area contributed by atoms with Crippen molar-refractivity contribution in [3.05, 3.63) is 34.3 Å². The van der Waals surface area contributed by atoms with Gasteiger partial charge in [0.2, 0.25) is 0 Å². The van der Waals surface area contributed by atoms with E-state index in [-0.39, 0.29) is 0 Å². The van der Waals surface area contributed by atoms with E-state index in [1.165, 1.54) is 0 Å². The van der Waals surface area contributed by atoms with E-state index in [1.54, 1.807) is 18.2 Å². The Morgan fingerprint density at radius 3 is 2.62 bits per heavy atom.